The Hall–Kier alpha value is -3.19. The van der Waals surface area contributed by atoms with Gasteiger partial charge in [0.05, 0.1) is 6.61 Å². The number of nitrogens with zero attached hydrogens (tertiary/aromatic N) is 2. The normalized spacial score (nSPS) is 20.4. The number of amides is 2. The summed E-state index contributed by atoms with van der Waals surface area (Å²) >= 11 is 0. The molecule has 4 rings (SSSR count). The molecule has 2 amide bonds. The molecule has 7 heteroatoms. The van der Waals surface area contributed by atoms with Crippen molar-refractivity contribution in [3.8, 4) is 0 Å². The number of hydrogen-bond donors (Lipinski definition) is 1. The molecule has 0 bridgehead atoms. The van der Waals surface area contributed by atoms with E-state index in [1.54, 1.807) is 41.3 Å². The summed E-state index contributed by atoms with van der Waals surface area (Å²) in [6.45, 7) is 2.62. The maximum atomic E-state index is 13.2. The number of benzene rings is 2. The van der Waals surface area contributed by atoms with Gasteiger partial charge < -0.3 is 14.7 Å². The number of rotatable bonds is 3. The number of likely N-dealkylation sites (tertiary alicyclic amines) is 1. The predicted octanol–water partition coefficient (Wildman–Crippen LogP) is 2.55. The van der Waals surface area contributed by atoms with E-state index in [9.17, 15) is 19.5 Å². The van der Waals surface area contributed by atoms with Gasteiger partial charge >= 0.3 is 5.97 Å². The van der Waals surface area contributed by atoms with E-state index in [4.69, 9.17) is 4.74 Å². The molecule has 2 saturated heterocycles. The lowest BCUT2D eigenvalue weighted by Crippen LogP contribution is -2.58. The number of carbonyl (C=O) groups is 3. The molecule has 1 spiro atoms. The minimum atomic E-state index is -1.09. The van der Waals surface area contributed by atoms with Crippen molar-refractivity contribution in [2.75, 3.05) is 19.7 Å². The van der Waals surface area contributed by atoms with Crippen LogP contribution in [0.15, 0.2) is 54.6 Å². The fraction of sp³-hybridized carbons (Fsp3) is 0.348. The zero-order valence-corrected chi connectivity index (χ0v) is 16.8. The molecule has 30 heavy (non-hydrogen) atoms. The second-order valence-electron chi connectivity index (χ2n) is 7.76. The smallest absolute Gasteiger partial charge is 0.328 e. The van der Waals surface area contributed by atoms with Crippen LogP contribution < -0.4 is 0 Å². The molecular formula is C23H24N2O5. The fourth-order valence-electron chi connectivity index (χ4n) is 4.32. The molecule has 0 aromatic heterocycles. The first-order valence-electron chi connectivity index (χ1n) is 10.0. The number of aryl methyl sites for hydroxylation is 1. The van der Waals surface area contributed by atoms with Crippen molar-refractivity contribution in [3.05, 3.63) is 71.3 Å². The van der Waals surface area contributed by atoms with Gasteiger partial charge in [-0.05, 0) is 30.7 Å². The van der Waals surface area contributed by atoms with Crippen LogP contribution in [-0.4, -0.2) is 64.2 Å². The molecule has 2 aliphatic rings. The van der Waals surface area contributed by atoms with Gasteiger partial charge in [0.25, 0.3) is 11.8 Å². The van der Waals surface area contributed by atoms with E-state index in [0.29, 0.717) is 37.1 Å². The van der Waals surface area contributed by atoms with Gasteiger partial charge in [-0.15, -0.1) is 0 Å². The Labute approximate surface area is 174 Å². The number of hydrogen-bond acceptors (Lipinski definition) is 4. The Balaban J connectivity index is 1.56. The lowest BCUT2D eigenvalue weighted by Gasteiger charge is -2.44. The van der Waals surface area contributed by atoms with Gasteiger partial charge in [0.15, 0.2) is 6.04 Å². The summed E-state index contributed by atoms with van der Waals surface area (Å²) in [5.41, 5.74) is 0.971. The Morgan fingerprint density at radius 2 is 1.60 bits per heavy atom. The van der Waals surface area contributed by atoms with Crippen LogP contribution in [-0.2, 0) is 9.53 Å². The molecule has 0 radical (unpaired) electrons. The Morgan fingerprint density at radius 3 is 2.23 bits per heavy atom. The van der Waals surface area contributed by atoms with Gasteiger partial charge in [-0.1, -0.05) is 36.4 Å². The lowest BCUT2D eigenvalue weighted by atomic mass is 9.95. The quantitative estimate of drug-likeness (QED) is 0.843. The maximum absolute atomic E-state index is 13.2. The number of piperidine rings is 1. The molecular weight excluding hydrogens is 384 g/mol. The van der Waals surface area contributed by atoms with Crippen LogP contribution >= 0.6 is 0 Å². The van der Waals surface area contributed by atoms with Crippen LogP contribution in [0.3, 0.4) is 0 Å². The molecule has 2 fully saturated rings. The molecule has 2 aromatic rings. The highest BCUT2D eigenvalue weighted by Gasteiger charge is 2.54. The number of carboxylic acids is 1. The van der Waals surface area contributed by atoms with Gasteiger partial charge in [-0.25, -0.2) is 4.79 Å². The first kappa shape index (κ1) is 20.1. The minimum Gasteiger partial charge on any atom is -0.480 e. The highest BCUT2D eigenvalue weighted by atomic mass is 16.5. The molecule has 156 valence electrons. The first-order chi connectivity index (χ1) is 14.4. The van der Waals surface area contributed by atoms with Crippen molar-refractivity contribution in [2.24, 2.45) is 0 Å². The summed E-state index contributed by atoms with van der Waals surface area (Å²) in [5, 5.41) is 9.67. The molecule has 2 heterocycles. The Bertz CT molecular complexity index is 967. The Kier molecular flexibility index (Phi) is 5.30. The monoisotopic (exact) mass is 408 g/mol. The minimum absolute atomic E-state index is 0.0559. The van der Waals surface area contributed by atoms with Crippen LogP contribution in [0.5, 0.6) is 0 Å². The Morgan fingerprint density at radius 1 is 0.967 bits per heavy atom. The van der Waals surface area contributed by atoms with Gasteiger partial charge in [0.1, 0.15) is 5.72 Å². The van der Waals surface area contributed by atoms with Crippen LogP contribution in [0.2, 0.25) is 0 Å². The largest absolute Gasteiger partial charge is 0.480 e. The van der Waals surface area contributed by atoms with Crippen LogP contribution in [0, 0.1) is 6.92 Å². The summed E-state index contributed by atoms with van der Waals surface area (Å²) in [5.74, 6) is -1.51. The van der Waals surface area contributed by atoms with Crippen molar-refractivity contribution in [3.63, 3.8) is 0 Å². The molecule has 0 unspecified atom stereocenters. The summed E-state index contributed by atoms with van der Waals surface area (Å²) in [4.78, 5) is 41.1. The summed E-state index contributed by atoms with van der Waals surface area (Å²) < 4.78 is 5.95. The van der Waals surface area contributed by atoms with E-state index in [0.717, 1.165) is 5.56 Å². The first-order valence-corrected chi connectivity index (χ1v) is 10.0. The maximum Gasteiger partial charge on any atom is 0.328 e. The number of carbonyl (C=O) groups excluding carboxylic acids is 2. The van der Waals surface area contributed by atoms with E-state index >= 15 is 0 Å². The van der Waals surface area contributed by atoms with Crippen molar-refractivity contribution in [1.29, 1.82) is 0 Å². The average Bonchev–Trinajstić information content (AvgIpc) is 3.13. The molecule has 2 aliphatic heterocycles. The summed E-state index contributed by atoms with van der Waals surface area (Å²) in [6.07, 6.45) is 0.736. The number of aliphatic carboxylic acids is 1. The van der Waals surface area contributed by atoms with Crippen LogP contribution in [0.25, 0.3) is 0 Å². The van der Waals surface area contributed by atoms with Gasteiger partial charge in [-0.2, -0.15) is 0 Å². The van der Waals surface area contributed by atoms with Crippen molar-refractivity contribution in [2.45, 2.75) is 31.5 Å². The highest BCUT2D eigenvalue weighted by molar-refractivity contribution is 5.98. The van der Waals surface area contributed by atoms with Gasteiger partial charge in [0.2, 0.25) is 0 Å². The molecule has 1 N–H and O–H groups in total. The predicted molar refractivity (Wildman–Crippen MR) is 109 cm³/mol. The third-order valence-electron chi connectivity index (χ3n) is 5.99. The molecule has 7 nitrogen and oxygen atoms in total. The molecule has 2 aromatic carbocycles. The molecule has 0 aliphatic carbocycles. The molecule has 1 atom stereocenters. The number of carboxylic acid groups (broad SMARTS) is 1. The van der Waals surface area contributed by atoms with E-state index in [1.165, 1.54) is 4.90 Å². The topological polar surface area (TPSA) is 87.2 Å². The van der Waals surface area contributed by atoms with Gasteiger partial charge in [0, 0.05) is 37.1 Å². The van der Waals surface area contributed by atoms with E-state index in [-0.39, 0.29) is 18.4 Å². The highest BCUT2D eigenvalue weighted by Crippen LogP contribution is 2.38. The van der Waals surface area contributed by atoms with Crippen molar-refractivity contribution >= 4 is 17.8 Å². The van der Waals surface area contributed by atoms with E-state index in [1.807, 2.05) is 25.1 Å². The second-order valence-corrected chi connectivity index (χ2v) is 7.76. The average molecular weight is 408 g/mol. The molecule has 0 saturated carbocycles. The van der Waals surface area contributed by atoms with E-state index < -0.39 is 17.7 Å². The standard InChI is InChI=1S/C23H24N2O5/c1-16-7-5-6-10-18(16)21(27)24-13-11-23(12-14-24)25(19(15-30-23)22(28)29)20(26)17-8-3-2-4-9-17/h2-10,19H,11-15H2,1H3,(H,28,29)/t19-/m0/s1. The third-order valence-corrected chi connectivity index (χ3v) is 5.99. The van der Waals surface area contributed by atoms with Crippen molar-refractivity contribution in [1.82, 2.24) is 9.80 Å². The zero-order valence-electron chi connectivity index (χ0n) is 16.8. The van der Waals surface area contributed by atoms with Crippen LogP contribution in [0.4, 0.5) is 0 Å². The second kappa shape index (κ2) is 7.91. The van der Waals surface area contributed by atoms with Crippen LogP contribution in [0.1, 0.15) is 39.1 Å². The van der Waals surface area contributed by atoms with E-state index in [2.05, 4.69) is 0 Å². The lowest BCUT2D eigenvalue weighted by molar-refractivity contribution is -0.143. The summed E-state index contributed by atoms with van der Waals surface area (Å²) in [6, 6.07) is 15.0. The number of ether oxygens (including phenoxy) is 1. The zero-order chi connectivity index (χ0) is 21.3. The fourth-order valence-corrected chi connectivity index (χ4v) is 4.32. The summed E-state index contributed by atoms with van der Waals surface area (Å²) in [7, 11) is 0. The van der Waals surface area contributed by atoms with Crippen molar-refractivity contribution < 1.29 is 24.2 Å². The SMILES string of the molecule is Cc1ccccc1C(=O)N1CCC2(CC1)OC[C@@H](C(=O)O)N2C(=O)c1ccccc1. The van der Waals surface area contributed by atoms with Gasteiger partial charge in [-0.3, -0.25) is 14.5 Å². The third kappa shape index (κ3) is 3.45.